The lowest BCUT2D eigenvalue weighted by molar-refractivity contribution is -0.122. The summed E-state index contributed by atoms with van der Waals surface area (Å²) >= 11 is 0. The number of aromatic amines is 1. The molecule has 29 heavy (non-hydrogen) atoms. The van der Waals surface area contributed by atoms with E-state index in [4.69, 9.17) is 0 Å². The van der Waals surface area contributed by atoms with Crippen molar-refractivity contribution in [2.24, 2.45) is 0 Å². The number of hydrogen-bond donors (Lipinski definition) is 2. The molecule has 0 aliphatic carbocycles. The molecular formula is C23H16FN3O2. The first-order chi connectivity index (χ1) is 14.1. The highest BCUT2D eigenvalue weighted by atomic mass is 19.1. The summed E-state index contributed by atoms with van der Waals surface area (Å²) in [7, 11) is 0. The Morgan fingerprint density at radius 3 is 2.59 bits per heavy atom. The minimum atomic E-state index is -0.417. The van der Waals surface area contributed by atoms with Crippen LogP contribution in [0.3, 0.4) is 0 Å². The van der Waals surface area contributed by atoms with Gasteiger partial charge in [0.05, 0.1) is 16.7 Å². The standard InChI is InChI=1S/C23H16FN3O2/c24-17-8-7-13-16(11-27-9-3-5-14(17)21(13)27)20-19(22(28)26-23(20)29)15-10-25-18-6-2-1-4-12(15)18/h1-2,4,6-8,10-11,25H,3,5,9H2,(H,26,28,29). The van der Waals surface area contributed by atoms with Gasteiger partial charge in [0.2, 0.25) is 0 Å². The highest BCUT2D eigenvalue weighted by Crippen LogP contribution is 2.40. The number of imide groups is 1. The Labute approximate surface area is 164 Å². The van der Waals surface area contributed by atoms with Gasteiger partial charge in [0.1, 0.15) is 5.82 Å². The molecule has 2 N–H and O–H groups in total. The van der Waals surface area contributed by atoms with E-state index in [0.29, 0.717) is 34.3 Å². The molecular weight excluding hydrogens is 369 g/mol. The quantitative estimate of drug-likeness (QED) is 0.516. The van der Waals surface area contributed by atoms with Gasteiger partial charge in [-0.1, -0.05) is 18.2 Å². The summed E-state index contributed by atoms with van der Waals surface area (Å²) in [4.78, 5) is 28.8. The molecule has 0 unspecified atom stereocenters. The van der Waals surface area contributed by atoms with Gasteiger partial charge in [0.15, 0.2) is 0 Å². The Kier molecular flexibility index (Phi) is 3.19. The van der Waals surface area contributed by atoms with E-state index < -0.39 is 11.8 Å². The van der Waals surface area contributed by atoms with Gasteiger partial charge in [0, 0.05) is 51.9 Å². The number of hydrogen-bond acceptors (Lipinski definition) is 2. The SMILES string of the molecule is O=C1NC(=O)C(c2cn3c4c(c(F)ccc24)CCC3)=C1c1c[nH]c2ccccc12. The lowest BCUT2D eigenvalue weighted by Crippen LogP contribution is -2.22. The van der Waals surface area contributed by atoms with Gasteiger partial charge in [-0.2, -0.15) is 0 Å². The number of nitrogens with zero attached hydrogens (tertiary/aromatic N) is 1. The molecule has 4 heterocycles. The van der Waals surface area contributed by atoms with E-state index in [9.17, 15) is 14.0 Å². The number of nitrogens with one attached hydrogen (secondary N) is 2. The van der Waals surface area contributed by atoms with Crippen molar-refractivity contribution in [3.8, 4) is 0 Å². The lowest BCUT2D eigenvalue weighted by atomic mass is 9.94. The fourth-order valence-electron chi connectivity index (χ4n) is 4.73. The van der Waals surface area contributed by atoms with Crippen LogP contribution in [0, 0.1) is 5.82 Å². The molecule has 0 spiro atoms. The maximum atomic E-state index is 14.4. The molecule has 142 valence electrons. The first-order valence-electron chi connectivity index (χ1n) is 9.60. The van der Waals surface area contributed by atoms with E-state index >= 15 is 0 Å². The van der Waals surface area contributed by atoms with E-state index in [1.807, 2.05) is 35.0 Å². The number of amides is 2. The molecule has 0 saturated heterocycles. The molecule has 6 heteroatoms. The Hall–Kier alpha value is -3.67. The number of halogens is 1. The molecule has 6 rings (SSSR count). The zero-order valence-corrected chi connectivity index (χ0v) is 15.4. The molecule has 0 radical (unpaired) electrons. The van der Waals surface area contributed by atoms with Gasteiger partial charge < -0.3 is 9.55 Å². The largest absolute Gasteiger partial charge is 0.361 e. The zero-order valence-electron chi connectivity index (χ0n) is 15.4. The van der Waals surface area contributed by atoms with Crippen LogP contribution >= 0.6 is 0 Å². The van der Waals surface area contributed by atoms with Crippen LogP contribution in [0.2, 0.25) is 0 Å². The summed E-state index contributed by atoms with van der Waals surface area (Å²) in [5.41, 5.74) is 4.47. The summed E-state index contributed by atoms with van der Waals surface area (Å²) in [6.45, 7) is 0.762. The minimum Gasteiger partial charge on any atom is -0.361 e. The molecule has 0 fully saturated rings. The van der Waals surface area contributed by atoms with E-state index in [0.717, 1.165) is 34.8 Å². The number of para-hydroxylation sites is 1. The Balaban J connectivity index is 1.69. The summed E-state index contributed by atoms with van der Waals surface area (Å²) in [6.07, 6.45) is 5.17. The van der Waals surface area contributed by atoms with Crippen molar-refractivity contribution >= 4 is 44.8 Å². The molecule has 5 nitrogen and oxygen atoms in total. The third kappa shape index (κ3) is 2.14. The van der Waals surface area contributed by atoms with Crippen LogP contribution in [-0.4, -0.2) is 21.4 Å². The number of benzene rings is 2. The Morgan fingerprint density at radius 2 is 1.72 bits per heavy atom. The second-order valence-corrected chi connectivity index (χ2v) is 7.54. The fraction of sp³-hybridized carbons (Fsp3) is 0.130. The third-order valence-electron chi connectivity index (χ3n) is 5.97. The van der Waals surface area contributed by atoms with Crippen LogP contribution in [0.15, 0.2) is 48.8 Å². The molecule has 4 aromatic rings. The number of carbonyl (C=O) groups excluding carboxylic acids is 2. The molecule has 2 aliphatic rings. The van der Waals surface area contributed by atoms with Gasteiger partial charge in [-0.05, 0) is 31.0 Å². The second kappa shape index (κ2) is 5.67. The lowest BCUT2D eigenvalue weighted by Gasteiger charge is -2.15. The normalized spacial score (nSPS) is 16.3. The maximum Gasteiger partial charge on any atom is 0.259 e. The van der Waals surface area contributed by atoms with Crippen LogP contribution in [0.1, 0.15) is 23.1 Å². The van der Waals surface area contributed by atoms with Gasteiger partial charge in [0.25, 0.3) is 11.8 Å². The minimum absolute atomic E-state index is 0.221. The predicted octanol–water partition coefficient (Wildman–Crippen LogP) is 3.78. The molecule has 0 bridgehead atoms. The smallest absolute Gasteiger partial charge is 0.259 e. The van der Waals surface area contributed by atoms with Crippen molar-refractivity contribution in [1.29, 1.82) is 0 Å². The number of aromatic nitrogens is 2. The zero-order chi connectivity index (χ0) is 19.7. The van der Waals surface area contributed by atoms with Crippen LogP contribution in [0.4, 0.5) is 4.39 Å². The Morgan fingerprint density at radius 1 is 0.931 bits per heavy atom. The molecule has 0 atom stereocenters. The number of aryl methyl sites for hydroxylation is 2. The van der Waals surface area contributed by atoms with Crippen molar-refractivity contribution in [2.45, 2.75) is 19.4 Å². The first-order valence-corrected chi connectivity index (χ1v) is 9.60. The van der Waals surface area contributed by atoms with Crippen molar-refractivity contribution in [3.05, 3.63) is 71.3 Å². The number of H-pyrrole nitrogens is 1. The first kappa shape index (κ1) is 16.3. The summed E-state index contributed by atoms with van der Waals surface area (Å²) in [6, 6.07) is 10.8. The van der Waals surface area contributed by atoms with Gasteiger partial charge >= 0.3 is 0 Å². The van der Waals surface area contributed by atoms with Gasteiger partial charge in [-0.25, -0.2) is 4.39 Å². The maximum absolute atomic E-state index is 14.4. The highest BCUT2D eigenvalue weighted by Gasteiger charge is 2.35. The predicted molar refractivity (Wildman–Crippen MR) is 108 cm³/mol. The van der Waals surface area contributed by atoms with Crippen molar-refractivity contribution in [2.75, 3.05) is 0 Å². The van der Waals surface area contributed by atoms with Crippen molar-refractivity contribution in [1.82, 2.24) is 14.9 Å². The third-order valence-corrected chi connectivity index (χ3v) is 5.97. The molecule has 2 aliphatic heterocycles. The van der Waals surface area contributed by atoms with E-state index in [2.05, 4.69) is 10.3 Å². The summed E-state index contributed by atoms with van der Waals surface area (Å²) < 4.78 is 16.4. The number of carbonyl (C=O) groups is 2. The molecule has 2 aromatic heterocycles. The topological polar surface area (TPSA) is 66.9 Å². The molecule has 0 saturated carbocycles. The second-order valence-electron chi connectivity index (χ2n) is 7.54. The number of rotatable bonds is 2. The fourth-order valence-corrected chi connectivity index (χ4v) is 4.73. The summed E-state index contributed by atoms with van der Waals surface area (Å²) in [5.74, 6) is -1.05. The molecule has 2 amide bonds. The van der Waals surface area contributed by atoms with E-state index in [1.165, 1.54) is 6.07 Å². The summed E-state index contributed by atoms with van der Waals surface area (Å²) in [5, 5.41) is 4.14. The van der Waals surface area contributed by atoms with Gasteiger partial charge in [-0.3, -0.25) is 14.9 Å². The van der Waals surface area contributed by atoms with Crippen molar-refractivity contribution in [3.63, 3.8) is 0 Å². The van der Waals surface area contributed by atoms with Crippen LogP contribution in [0.5, 0.6) is 0 Å². The Bertz CT molecular complexity index is 1410. The van der Waals surface area contributed by atoms with Crippen LogP contribution in [-0.2, 0) is 22.6 Å². The average molecular weight is 385 g/mol. The van der Waals surface area contributed by atoms with Crippen LogP contribution < -0.4 is 5.32 Å². The van der Waals surface area contributed by atoms with E-state index in [1.54, 1.807) is 12.3 Å². The monoisotopic (exact) mass is 385 g/mol. The van der Waals surface area contributed by atoms with Gasteiger partial charge in [-0.15, -0.1) is 0 Å². The number of fused-ring (bicyclic) bond motifs is 1. The van der Waals surface area contributed by atoms with Crippen LogP contribution in [0.25, 0.3) is 33.0 Å². The van der Waals surface area contributed by atoms with Crippen molar-refractivity contribution < 1.29 is 14.0 Å². The highest BCUT2D eigenvalue weighted by molar-refractivity contribution is 6.50. The average Bonchev–Trinajstić information content (AvgIpc) is 3.38. The molecule has 2 aromatic carbocycles. The van der Waals surface area contributed by atoms with E-state index in [-0.39, 0.29) is 5.82 Å².